The Hall–Kier alpha value is -1.83. The number of hydrogen-bond donors (Lipinski definition) is 1. The maximum atomic E-state index is 11.4. The van der Waals surface area contributed by atoms with Crippen molar-refractivity contribution in [3.63, 3.8) is 0 Å². The van der Waals surface area contributed by atoms with Crippen molar-refractivity contribution in [3.8, 4) is 11.5 Å². The molecule has 2 heterocycles. The van der Waals surface area contributed by atoms with E-state index in [-0.39, 0.29) is 6.54 Å². The number of carboxylic acids is 1. The second kappa shape index (κ2) is 5.66. The third-order valence-electron chi connectivity index (χ3n) is 3.30. The van der Waals surface area contributed by atoms with Gasteiger partial charge in [-0.25, -0.2) is 4.68 Å². The van der Waals surface area contributed by atoms with Crippen molar-refractivity contribution in [3.05, 3.63) is 22.8 Å². The molecular formula is C12H14BrN5O2. The molecule has 0 aliphatic rings. The summed E-state index contributed by atoms with van der Waals surface area (Å²) >= 11 is 3.39. The van der Waals surface area contributed by atoms with E-state index in [9.17, 15) is 9.90 Å². The van der Waals surface area contributed by atoms with Crippen molar-refractivity contribution in [2.45, 2.75) is 26.8 Å². The van der Waals surface area contributed by atoms with Gasteiger partial charge in [0.15, 0.2) is 0 Å². The van der Waals surface area contributed by atoms with E-state index in [0.29, 0.717) is 17.9 Å². The molecule has 0 aliphatic carbocycles. The topological polar surface area (TPSA) is 93.8 Å². The van der Waals surface area contributed by atoms with Crippen LogP contribution in [-0.4, -0.2) is 36.3 Å². The Kier molecular flexibility index (Phi) is 4.12. The summed E-state index contributed by atoms with van der Waals surface area (Å²) in [5, 5.41) is 20.8. The molecule has 0 aliphatic heterocycles. The van der Waals surface area contributed by atoms with E-state index in [1.807, 2.05) is 13.0 Å². The van der Waals surface area contributed by atoms with Gasteiger partial charge in [-0.2, -0.15) is 0 Å². The quantitative estimate of drug-likeness (QED) is 0.895. The first-order chi connectivity index (χ1) is 9.48. The monoisotopic (exact) mass is 339 g/mol. The number of aromatic nitrogens is 5. The molecule has 8 heteroatoms. The van der Waals surface area contributed by atoms with Crippen molar-refractivity contribution in [1.29, 1.82) is 0 Å². The van der Waals surface area contributed by atoms with Crippen molar-refractivity contribution in [2.75, 3.05) is 0 Å². The lowest BCUT2D eigenvalue weighted by atomic mass is 9.88. The number of rotatable bonds is 5. The first-order valence-corrected chi connectivity index (χ1v) is 6.87. The molecule has 1 atom stereocenters. The Bertz CT molecular complexity index is 630. The molecule has 0 aromatic carbocycles. The van der Waals surface area contributed by atoms with E-state index in [1.54, 1.807) is 19.2 Å². The highest BCUT2D eigenvalue weighted by Gasteiger charge is 2.33. The van der Waals surface area contributed by atoms with Gasteiger partial charge in [-0.15, -0.1) is 5.10 Å². The Labute approximate surface area is 124 Å². The molecule has 0 radical (unpaired) electrons. The van der Waals surface area contributed by atoms with Gasteiger partial charge < -0.3 is 5.11 Å². The highest BCUT2D eigenvalue weighted by Crippen LogP contribution is 2.28. The summed E-state index contributed by atoms with van der Waals surface area (Å²) in [6.45, 7) is 3.69. The summed E-state index contributed by atoms with van der Waals surface area (Å²) in [4.78, 5) is 15.6. The maximum Gasteiger partial charge on any atom is 0.311 e. The van der Waals surface area contributed by atoms with E-state index in [0.717, 1.165) is 4.47 Å². The molecular weight excluding hydrogens is 326 g/mol. The summed E-state index contributed by atoms with van der Waals surface area (Å²) in [6, 6.07) is 3.62. The van der Waals surface area contributed by atoms with Crippen LogP contribution in [0, 0.1) is 5.41 Å². The minimum absolute atomic E-state index is 0.185. The fourth-order valence-corrected chi connectivity index (χ4v) is 2.12. The van der Waals surface area contributed by atoms with Gasteiger partial charge in [-0.1, -0.05) is 6.92 Å². The number of tetrazole rings is 1. The van der Waals surface area contributed by atoms with Gasteiger partial charge >= 0.3 is 5.97 Å². The van der Waals surface area contributed by atoms with E-state index in [4.69, 9.17) is 0 Å². The highest BCUT2D eigenvalue weighted by atomic mass is 79.9. The zero-order chi connectivity index (χ0) is 14.8. The van der Waals surface area contributed by atoms with Gasteiger partial charge in [0.05, 0.1) is 12.0 Å². The van der Waals surface area contributed by atoms with Crippen molar-refractivity contribution >= 4 is 21.9 Å². The van der Waals surface area contributed by atoms with E-state index >= 15 is 0 Å². The van der Waals surface area contributed by atoms with E-state index in [1.165, 1.54) is 4.68 Å². The highest BCUT2D eigenvalue weighted by molar-refractivity contribution is 9.10. The van der Waals surface area contributed by atoms with Crippen LogP contribution in [0.25, 0.3) is 11.5 Å². The molecule has 0 fully saturated rings. The number of aliphatic carboxylic acids is 1. The zero-order valence-electron chi connectivity index (χ0n) is 11.1. The largest absolute Gasteiger partial charge is 0.481 e. The van der Waals surface area contributed by atoms with Crippen LogP contribution >= 0.6 is 15.9 Å². The van der Waals surface area contributed by atoms with Crippen LogP contribution in [0.2, 0.25) is 0 Å². The van der Waals surface area contributed by atoms with Crippen molar-refractivity contribution < 1.29 is 9.90 Å². The summed E-state index contributed by atoms with van der Waals surface area (Å²) in [5.41, 5.74) is -0.341. The smallest absolute Gasteiger partial charge is 0.311 e. The number of carbonyl (C=O) groups is 1. The summed E-state index contributed by atoms with van der Waals surface area (Å²) in [6.07, 6.45) is 2.11. The van der Waals surface area contributed by atoms with Crippen molar-refractivity contribution in [2.24, 2.45) is 5.41 Å². The number of halogens is 1. The van der Waals surface area contributed by atoms with Gasteiger partial charge in [0.2, 0.25) is 5.82 Å². The standard InChI is InChI=1S/C12H14BrN5O2/c1-3-12(2,11(19)20)7-18-10(15-16-17-18)9-8(13)5-4-6-14-9/h4-6H,3,7H2,1-2H3,(H,19,20). The minimum atomic E-state index is -0.925. The summed E-state index contributed by atoms with van der Waals surface area (Å²) < 4.78 is 2.23. The third-order valence-corrected chi connectivity index (χ3v) is 3.94. The number of pyridine rings is 1. The van der Waals surface area contributed by atoms with Crippen LogP contribution in [0.15, 0.2) is 22.8 Å². The third kappa shape index (κ3) is 2.69. The Morgan fingerprint density at radius 1 is 1.55 bits per heavy atom. The maximum absolute atomic E-state index is 11.4. The molecule has 2 aromatic heterocycles. The molecule has 0 saturated heterocycles. The fraction of sp³-hybridized carbons (Fsp3) is 0.417. The molecule has 2 rings (SSSR count). The molecule has 106 valence electrons. The van der Waals surface area contributed by atoms with Gasteiger partial charge in [0, 0.05) is 10.7 Å². The lowest BCUT2D eigenvalue weighted by molar-refractivity contribution is -0.149. The predicted molar refractivity (Wildman–Crippen MR) is 74.8 cm³/mol. The lowest BCUT2D eigenvalue weighted by Crippen LogP contribution is -2.32. The summed E-state index contributed by atoms with van der Waals surface area (Å²) in [7, 11) is 0. The van der Waals surface area contributed by atoms with Crippen LogP contribution in [-0.2, 0) is 11.3 Å². The van der Waals surface area contributed by atoms with Gasteiger partial charge in [-0.3, -0.25) is 9.78 Å². The molecule has 1 N–H and O–H groups in total. The Morgan fingerprint density at radius 2 is 2.30 bits per heavy atom. The average molecular weight is 340 g/mol. The average Bonchev–Trinajstić information content (AvgIpc) is 2.86. The molecule has 0 spiro atoms. The second-order valence-corrected chi connectivity index (χ2v) is 5.57. The molecule has 0 amide bonds. The zero-order valence-corrected chi connectivity index (χ0v) is 12.7. The Morgan fingerprint density at radius 3 is 2.90 bits per heavy atom. The molecule has 2 aromatic rings. The lowest BCUT2D eigenvalue weighted by Gasteiger charge is -2.22. The number of nitrogens with zero attached hydrogens (tertiary/aromatic N) is 5. The van der Waals surface area contributed by atoms with Gasteiger partial charge in [0.1, 0.15) is 5.69 Å². The molecule has 0 saturated carbocycles. The fourth-order valence-electron chi connectivity index (χ4n) is 1.69. The van der Waals surface area contributed by atoms with Gasteiger partial charge in [0.25, 0.3) is 0 Å². The van der Waals surface area contributed by atoms with E-state index < -0.39 is 11.4 Å². The van der Waals surface area contributed by atoms with Gasteiger partial charge in [-0.05, 0) is 51.8 Å². The second-order valence-electron chi connectivity index (χ2n) is 4.71. The van der Waals surface area contributed by atoms with Crippen LogP contribution in [0.5, 0.6) is 0 Å². The first kappa shape index (κ1) is 14.6. The normalized spacial score (nSPS) is 13.9. The van der Waals surface area contributed by atoms with Crippen LogP contribution in [0.1, 0.15) is 20.3 Å². The molecule has 0 bridgehead atoms. The van der Waals surface area contributed by atoms with E-state index in [2.05, 4.69) is 36.4 Å². The van der Waals surface area contributed by atoms with Crippen LogP contribution in [0.3, 0.4) is 0 Å². The first-order valence-electron chi connectivity index (χ1n) is 6.08. The van der Waals surface area contributed by atoms with Crippen molar-refractivity contribution in [1.82, 2.24) is 25.2 Å². The minimum Gasteiger partial charge on any atom is -0.481 e. The number of carboxylic acid groups (broad SMARTS) is 1. The number of hydrogen-bond acceptors (Lipinski definition) is 5. The molecule has 7 nitrogen and oxygen atoms in total. The Balaban J connectivity index is 2.40. The molecule has 1 unspecified atom stereocenters. The SMILES string of the molecule is CCC(C)(Cn1nnnc1-c1ncccc1Br)C(=O)O. The van der Waals surface area contributed by atoms with Crippen LogP contribution < -0.4 is 0 Å². The predicted octanol–water partition coefficient (Wildman–Crippen LogP) is 2.00. The summed E-state index contributed by atoms with van der Waals surface area (Å²) in [5.74, 6) is -0.431. The van der Waals surface area contributed by atoms with Crippen LogP contribution in [0.4, 0.5) is 0 Å². The molecule has 20 heavy (non-hydrogen) atoms.